The van der Waals surface area contributed by atoms with Crippen molar-refractivity contribution in [2.45, 2.75) is 19.8 Å². The van der Waals surface area contributed by atoms with Gasteiger partial charge in [0.05, 0.1) is 0 Å². The normalized spacial score (nSPS) is 18.1. The molecule has 0 saturated carbocycles. The molecule has 0 saturated heterocycles. The highest BCUT2D eigenvalue weighted by Gasteiger charge is 2.27. The lowest BCUT2D eigenvalue weighted by Gasteiger charge is -2.25. The molecule has 0 bridgehead atoms. The number of hydrogen-bond acceptors (Lipinski definition) is 0. The molecule has 20 heavy (non-hydrogen) atoms. The smallest absolute Gasteiger partial charge is 0.0190 e. The summed E-state index contributed by atoms with van der Waals surface area (Å²) in [5, 5.41) is 0. The van der Waals surface area contributed by atoms with E-state index >= 15 is 0 Å². The van der Waals surface area contributed by atoms with Crippen LogP contribution in [0.3, 0.4) is 0 Å². The first-order chi connectivity index (χ1) is 9.77. The molecule has 1 aliphatic rings. The van der Waals surface area contributed by atoms with Gasteiger partial charge in [-0.25, -0.2) is 0 Å². The zero-order valence-corrected chi connectivity index (χ0v) is 12.1. The first-order valence-corrected chi connectivity index (χ1v) is 7.23. The molecule has 0 aromatic heterocycles. The zero-order chi connectivity index (χ0) is 13.9. The molecule has 0 heteroatoms. The molecule has 1 unspecified atom stereocenters. The van der Waals surface area contributed by atoms with Gasteiger partial charge in [0.15, 0.2) is 0 Å². The van der Waals surface area contributed by atoms with Gasteiger partial charge in [0, 0.05) is 11.8 Å². The average molecular weight is 260 g/mol. The van der Waals surface area contributed by atoms with Gasteiger partial charge >= 0.3 is 0 Å². The lowest BCUT2D eigenvalue weighted by atomic mass is 9.78. The molecule has 2 aromatic rings. The maximum absolute atomic E-state index is 2.36. The Morgan fingerprint density at radius 1 is 0.750 bits per heavy atom. The van der Waals surface area contributed by atoms with Gasteiger partial charge in [0.25, 0.3) is 0 Å². The molecule has 0 heterocycles. The second kappa shape index (κ2) is 5.50. The van der Waals surface area contributed by atoms with Crippen molar-refractivity contribution < 1.29 is 0 Å². The predicted octanol–water partition coefficient (Wildman–Crippen LogP) is 5.34. The lowest BCUT2D eigenvalue weighted by molar-refractivity contribution is 0.656. The van der Waals surface area contributed by atoms with Gasteiger partial charge in [0.1, 0.15) is 0 Å². The highest BCUT2D eigenvalue weighted by Crippen LogP contribution is 2.40. The van der Waals surface area contributed by atoms with E-state index in [1.54, 1.807) is 0 Å². The second-order valence-electron chi connectivity index (χ2n) is 5.55. The van der Waals surface area contributed by atoms with Crippen molar-refractivity contribution in [1.82, 2.24) is 0 Å². The van der Waals surface area contributed by atoms with Crippen molar-refractivity contribution in [2.75, 3.05) is 0 Å². The summed E-state index contributed by atoms with van der Waals surface area (Å²) in [4.78, 5) is 0. The summed E-state index contributed by atoms with van der Waals surface area (Å²) in [5.41, 5.74) is 5.68. The van der Waals surface area contributed by atoms with E-state index in [1.807, 2.05) is 0 Å². The molecular weight excluding hydrogens is 240 g/mol. The van der Waals surface area contributed by atoms with Crippen LogP contribution in [0.5, 0.6) is 0 Å². The predicted molar refractivity (Wildman–Crippen MR) is 85.7 cm³/mol. The van der Waals surface area contributed by atoms with Crippen molar-refractivity contribution in [2.24, 2.45) is 5.92 Å². The fourth-order valence-corrected chi connectivity index (χ4v) is 3.08. The van der Waals surface area contributed by atoms with E-state index in [9.17, 15) is 0 Å². The van der Waals surface area contributed by atoms with Gasteiger partial charge in [-0.2, -0.15) is 0 Å². The van der Waals surface area contributed by atoms with Crippen LogP contribution >= 0.6 is 0 Å². The zero-order valence-electron chi connectivity index (χ0n) is 12.1. The molecular formula is C20H20. The van der Waals surface area contributed by atoms with Crippen molar-refractivity contribution in [3.8, 4) is 0 Å². The molecule has 2 aromatic carbocycles. The van der Waals surface area contributed by atoms with Gasteiger partial charge < -0.3 is 0 Å². The third-order valence-electron chi connectivity index (χ3n) is 4.35. The minimum atomic E-state index is 0.408. The maximum Gasteiger partial charge on any atom is 0.0190 e. The maximum atomic E-state index is 2.36. The van der Waals surface area contributed by atoms with Crippen LogP contribution in [0.15, 0.2) is 84.0 Å². The van der Waals surface area contributed by atoms with E-state index in [-0.39, 0.29) is 0 Å². The Hall–Kier alpha value is -2.08. The average Bonchev–Trinajstić information content (AvgIpc) is 2.82. The van der Waals surface area contributed by atoms with Gasteiger partial charge in [-0.15, -0.1) is 0 Å². The summed E-state index contributed by atoms with van der Waals surface area (Å²) in [7, 11) is 0. The van der Waals surface area contributed by atoms with Crippen LogP contribution in [-0.4, -0.2) is 0 Å². The first-order valence-electron chi connectivity index (χ1n) is 7.23. The summed E-state index contributed by atoms with van der Waals surface area (Å²) in [5.74, 6) is 0.880. The quantitative estimate of drug-likeness (QED) is 0.698. The monoisotopic (exact) mass is 260 g/mol. The van der Waals surface area contributed by atoms with Crippen molar-refractivity contribution in [3.63, 3.8) is 0 Å². The minimum Gasteiger partial charge on any atom is -0.0761 e. The summed E-state index contributed by atoms with van der Waals surface area (Å²) >= 11 is 0. The van der Waals surface area contributed by atoms with E-state index in [1.165, 1.54) is 22.3 Å². The molecule has 0 radical (unpaired) electrons. The summed E-state index contributed by atoms with van der Waals surface area (Å²) < 4.78 is 0. The molecule has 1 atom stereocenters. The summed E-state index contributed by atoms with van der Waals surface area (Å²) in [6.07, 6.45) is 4.62. The molecule has 0 amide bonds. The number of allylic oxidation sites excluding steroid dienone is 4. The Bertz CT molecular complexity index is 593. The SMILES string of the molecule is CC1=C(C)C(C(c2ccccc2)c2ccccc2)C=C1. The lowest BCUT2D eigenvalue weighted by Crippen LogP contribution is -2.12. The molecule has 0 fully saturated rings. The Morgan fingerprint density at radius 3 is 1.65 bits per heavy atom. The Labute approximate surface area is 121 Å². The van der Waals surface area contributed by atoms with E-state index in [0.29, 0.717) is 11.8 Å². The summed E-state index contributed by atoms with van der Waals surface area (Å²) in [6, 6.07) is 21.7. The van der Waals surface area contributed by atoms with Gasteiger partial charge in [-0.1, -0.05) is 84.0 Å². The van der Waals surface area contributed by atoms with Crippen LogP contribution in [0.4, 0.5) is 0 Å². The fraction of sp³-hybridized carbons (Fsp3) is 0.200. The third kappa shape index (κ3) is 2.34. The first kappa shape index (κ1) is 12.9. The fourth-order valence-electron chi connectivity index (χ4n) is 3.08. The van der Waals surface area contributed by atoms with Gasteiger partial charge in [-0.05, 0) is 25.0 Å². The number of hydrogen-bond donors (Lipinski definition) is 0. The molecule has 3 rings (SSSR count). The highest BCUT2D eigenvalue weighted by molar-refractivity contribution is 5.43. The third-order valence-corrected chi connectivity index (χ3v) is 4.35. The Morgan fingerprint density at radius 2 is 1.25 bits per heavy atom. The van der Waals surface area contributed by atoms with Gasteiger partial charge in [0.2, 0.25) is 0 Å². The van der Waals surface area contributed by atoms with Crippen LogP contribution in [-0.2, 0) is 0 Å². The van der Waals surface area contributed by atoms with Crippen LogP contribution in [0.2, 0.25) is 0 Å². The van der Waals surface area contributed by atoms with Crippen LogP contribution < -0.4 is 0 Å². The molecule has 100 valence electrons. The minimum absolute atomic E-state index is 0.408. The Kier molecular flexibility index (Phi) is 3.56. The van der Waals surface area contributed by atoms with Crippen molar-refractivity contribution >= 4 is 0 Å². The van der Waals surface area contributed by atoms with Crippen LogP contribution in [0.1, 0.15) is 30.9 Å². The molecule has 0 aliphatic heterocycles. The van der Waals surface area contributed by atoms with Crippen LogP contribution in [0.25, 0.3) is 0 Å². The largest absolute Gasteiger partial charge is 0.0761 e. The second-order valence-corrected chi connectivity index (χ2v) is 5.55. The number of benzene rings is 2. The topological polar surface area (TPSA) is 0 Å². The molecule has 0 spiro atoms. The van der Waals surface area contributed by atoms with E-state index in [4.69, 9.17) is 0 Å². The summed E-state index contributed by atoms with van der Waals surface area (Å²) in [6.45, 7) is 4.47. The molecule has 0 nitrogen and oxygen atoms in total. The van der Waals surface area contributed by atoms with E-state index in [0.717, 1.165) is 0 Å². The molecule has 0 N–H and O–H groups in total. The standard InChI is InChI=1S/C20H20/c1-15-13-14-19(16(15)2)20(17-9-5-3-6-10-17)18-11-7-4-8-12-18/h3-14,19-20H,1-2H3. The molecule has 1 aliphatic carbocycles. The highest BCUT2D eigenvalue weighted by atomic mass is 14.3. The van der Waals surface area contributed by atoms with Crippen molar-refractivity contribution in [1.29, 1.82) is 0 Å². The van der Waals surface area contributed by atoms with Gasteiger partial charge in [-0.3, -0.25) is 0 Å². The van der Waals surface area contributed by atoms with Crippen LogP contribution in [0, 0.1) is 5.92 Å². The van der Waals surface area contributed by atoms with E-state index < -0.39 is 0 Å². The van der Waals surface area contributed by atoms with E-state index in [2.05, 4.69) is 86.7 Å². The Balaban J connectivity index is 2.08. The number of rotatable bonds is 3. The van der Waals surface area contributed by atoms with Crippen molar-refractivity contribution in [3.05, 3.63) is 95.1 Å².